The van der Waals surface area contributed by atoms with Crippen molar-refractivity contribution in [1.82, 2.24) is 0 Å². The third-order valence-corrected chi connectivity index (χ3v) is 1.33. The Morgan fingerprint density at radius 1 is 1.70 bits per heavy atom. The molecule has 0 aliphatic carbocycles. The molecule has 0 aromatic carbocycles. The third-order valence-electron chi connectivity index (χ3n) is 0.556. The van der Waals surface area contributed by atoms with Gasteiger partial charge in [0, 0.05) is 0 Å². The van der Waals surface area contributed by atoms with Crippen LogP contribution in [-0.2, 0) is 10.1 Å². The predicted molar refractivity (Wildman–Crippen MR) is 29.5 cm³/mol. The van der Waals surface area contributed by atoms with Gasteiger partial charge in [-0.2, -0.15) is 0 Å². The van der Waals surface area contributed by atoms with Crippen molar-refractivity contribution in [2.45, 2.75) is 6.92 Å². The molecule has 10 heavy (non-hydrogen) atoms. The second-order valence-electron chi connectivity index (χ2n) is 1.54. The zero-order valence-corrected chi connectivity index (χ0v) is 9.67. The molecule has 0 fully saturated rings. The van der Waals surface area contributed by atoms with Crippen LogP contribution in [0.25, 0.3) is 0 Å². The second kappa shape index (κ2) is 5.64. The van der Waals surface area contributed by atoms with E-state index in [9.17, 15) is 13.0 Å². The molecule has 0 amide bonds. The molecular formula is C3H6KNO4S. The van der Waals surface area contributed by atoms with Crippen molar-refractivity contribution in [3.8, 4) is 0 Å². The van der Waals surface area contributed by atoms with Gasteiger partial charge in [-0.1, -0.05) is 5.16 Å². The van der Waals surface area contributed by atoms with Gasteiger partial charge in [0.05, 0.1) is 11.5 Å². The van der Waals surface area contributed by atoms with E-state index in [0.29, 0.717) is 0 Å². The maximum Gasteiger partial charge on any atom is 1.00 e. The second-order valence-corrected chi connectivity index (χ2v) is 2.94. The fourth-order valence-corrected chi connectivity index (χ4v) is 0.854. The SMILES string of the molecule is C/C(CS(=O)(=O)[O-])=N\O.[K+]. The van der Waals surface area contributed by atoms with Crippen LogP contribution in [0, 0.1) is 0 Å². The molecule has 0 spiro atoms. The zero-order valence-electron chi connectivity index (χ0n) is 5.73. The first kappa shape index (κ1) is 13.6. The smallest absolute Gasteiger partial charge is 0.748 e. The predicted octanol–water partition coefficient (Wildman–Crippen LogP) is -3.61. The average molecular weight is 191 g/mol. The van der Waals surface area contributed by atoms with Crippen molar-refractivity contribution in [1.29, 1.82) is 0 Å². The molecule has 0 saturated heterocycles. The van der Waals surface area contributed by atoms with Crippen molar-refractivity contribution in [2.24, 2.45) is 5.16 Å². The summed E-state index contributed by atoms with van der Waals surface area (Å²) in [4.78, 5) is 0. The van der Waals surface area contributed by atoms with Crippen LogP contribution in [0.3, 0.4) is 0 Å². The van der Waals surface area contributed by atoms with Gasteiger partial charge in [-0.25, -0.2) is 8.42 Å². The van der Waals surface area contributed by atoms with E-state index < -0.39 is 15.9 Å². The summed E-state index contributed by atoms with van der Waals surface area (Å²) in [7, 11) is -4.28. The number of rotatable bonds is 2. The number of hydrogen-bond acceptors (Lipinski definition) is 5. The molecular weight excluding hydrogens is 185 g/mol. The summed E-state index contributed by atoms with van der Waals surface area (Å²) in [6.07, 6.45) is 0. The fraction of sp³-hybridized carbons (Fsp3) is 0.667. The van der Waals surface area contributed by atoms with Gasteiger partial charge in [0.1, 0.15) is 10.1 Å². The Morgan fingerprint density at radius 2 is 2.10 bits per heavy atom. The summed E-state index contributed by atoms with van der Waals surface area (Å²) in [5, 5.41) is 10.4. The first-order valence-electron chi connectivity index (χ1n) is 2.07. The Balaban J connectivity index is 0. The van der Waals surface area contributed by atoms with Crippen LogP contribution in [0.1, 0.15) is 6.92 Å². The van der Waals surface area contributed by atoms with Gasteiger partial charge in [0.25, 0.3) is 0 Å². The van der Waals surface area contributed by atoms with Gasteiger partial charge in [-0.05, 0) is 6.92 Å². The van der Waals surface area contributed by atoms with E-state index in [1.165, 1.54) is 6.92 Å². The van der Waals surface area contributed by atoms with E-state index in [0.717, 1.165) is 0 Å². The fourth-order valence-electron chi connectivity index (χ4n) is 0.285. The maximum absolute atomic E-state index is 9.85. The Kier molecular flexibility index (Phi) is 7.67. The molecule has 7 heteroatoms. The van der Waals surface area contributed by atoms with Crippen LogP contribution in [-0.4, -0.2) is 29.6 Å². The Morgan fingerprint density at radius 3 is 2.20 bits per heavy atom. The molecule has 1 N–H and O–H groups in total. The van der Waals surface area contributed by atoms with Crippen molar-refractivity contribution < 1.29 is 69.6 Å². The average Bonchev–Trinajstić information content (AvgIpc) is 1.62. The van der Waals surface area contributed by atoms with Crippen molar-refractivity contribution in [3.05, 3.63) is 0 Å². The molecule has 0 aliphatic rings. The normalized spacial score (nSPS) is 12.4. The Hall–Kier alpha value is 1.02. The first-order chi connectivity index (χ1) is 3.95. The minimum atomic E-state index is -4.28. The van der Waals surface area contributed by atoms with Crippen LogP contribution < -0.4 is 51.4 Å². The quantitative estimate of drug-likeness (QED) is 0.160. The standard InChI is InChI=1S/C3H7NO4S.K/c1-3(4-5)2-9(6,7)8;/h5H,2H2,1H3,(H,6,7,8);/q;+1/p-1/b4-3+;. The van der Waals surface area contributed by atoms with Crippen molar-refractivity contribution in [2.75, 3.05) is 5.75 Å². The number of hydrogen-bond donors (Lipinski definition) is 1. The summed E-state index contributed by atoms with van der Waals surface area (Å²) in [6, 6.07) is 0. The number of oxime groups is 1. The van der Waals surface area contributed by atoms with Gasteiger partial charge in [-0.3, -0.25) is 0 Å². The molecule has 0 aliphatic heterocycles. The van der Waals surface area contributed by atoms with Crippen molar-refractivity contribution >= 4 is 15.8 Å². The van der Waals surface area contributed by atoms with E-state index in [2.05, 4.69) is 5.16 Å². The van der Waals surface area contributed by atoms with Gasteiger partial charge in [0.2, 0.25) is 0 Å². The van der Waals surface area contributed by atoms with Crippen molar-refractivity contribution in [3.63, 3.8) is 0 Å². The largest absolute Gasteiger partial charge is 1.00 e. The molecule has 0 aromatic rings. The zero-order chi connectivity index (χ0) is 7.49. The summed E-state index contributed by atoms with van der Waals surface area (Å²) < 4.78 is 29.6. The third kappa shape index (κ3) is 9.02. The maximum atomic E-state index is 9.85. The molecule has 0 bridgehead atoms. The summed E-state index contributed by atoms with van der Waals surface area (Å²) >= 11 is 0. The van der Waals surface area contributed by atoms with Gasteiger partial charge in [-0.15, -0.1) is 0 Å². The van der Waals surface area contributed by atoms with Crippen LogP contribution in [0.15, 0.2) is 5.16 Å². The molecule has 54 valence electrons. The van der Waals surface area contributed by atoms with Gasteiger partial charge < -0.3 is 9.76 Å². The molecule has 0 unspecified atom stereocenters. The molecule has 0 radical (unpaired) electrons. The van der Waals surface area contributed by atoms with E-state index in [1.54, 1.807) is 0 Å². The minimum Gasteiger partial charge on any atom is -0.748 e. The Bertz CT molecular complexity index is 209. The minimum absolute atomic E-state index is 0. The van der Waals surface area contributed by atoms with E-state index >= 15 is 0 Å². The van der Waals surface area contributed by atoms with Crippen LogP contribution in [0.2, 0.25) is 0 Å². The van der Waals surface area contributed by atoms with Crippen LogP contribution in [0.5, 0.6) is 0 Å². The van der Waals surface area contributed by atoms with Crippen LogP contribution >= 0.6 is 0 Å². The van der Waals surface area contributed by atoms with Gasteiger partial charge >= 0.3 is 51.4 Å². The monoisotopic (exact) mass is 191 g/mol. The number of nitrogens with zero attached hydrogens (tertiary/aromatic N) is 1. The molecule has 0 saturated carbocycles. The molecule has 0 heterocycles. The van der Waals surface area contributed by atoms with Crippen LogP contribution in [0.4, 0.5) is 0 Å². The Labute approximate surface area is 102 Å². The van der Waals surface area contributed by atoms with E-state index in [1.807, 2.05) is 0 Å². The summed E-state index contributed by atoms with van der Waals surface area (Å²) in [6.45, 7) is 1.25. The van der Waals surface area contributed by atoms with Gasteiger partial charge in [0.15, 0.2) is 0 Å². The first-order valence-corrected chi connectivity index (χ1v) is 3.64. The topological polar surface area (TPSA) is 89.8 Å². The molecule has 0 rings (SSSR count). The summed E-state index contributed by atoms with van der Waals surface area (Å²) in [5.74, 6) is -0.733. The summed E-state index contributed by atoms with van der Waals surface area (Å²) in [5.41, 5.74) is -0.106. The van der Waals surface area contributed by atoms with E-state index in [-0.39, 0.29) is 57.1 Å². The van der Waals surface area contributed by atoms with E-state index in [4.69, 9.17) is 5.21 Å². The molecule has 0 atom stereocenters. The molecule has 0 aromatic heterocycles. The molecule has 5 nitrogen and oxygen atoms in total.